The average molecular weight is 398 g/mol. The molecular weight excluding hydrogens is 372 g/mol. The van der Waals surface area contributed by atoms with Gasteiger partial charge in [-0.05, 0) is 56.7 Å². The first kappa shape index (κ1) is 21.9. The first-order valence-corrected chi connectivity index (χ1v) is 9.28. The van der Waals surface area contributed by atoms with Crippen molar-refractivity contribution in [3.05, 3.63) is 53.6 Å². The van der Waals surface area contributed by atoms with Gasteiger partial charge in [0.2, 0.25) is 5.91 Å². The number of anilines is 1. The van der Waals surface area contributed by atoms with Crippen molar-refractivity contribution in [3.8, 4) is 11.5 Å². The molecule has 0 atom stereocenters. The molecule has 0 bridgehead atoms. The largest absolute Gasteiger partial charge is 0.493 e. The minimum absolute atomic E-state index is 0.0464. The number of amides is 2. The Kier molecular flexibility index (Phi) is 7.77. The predicted molar refractivity (Wildman–Crippen MR) is 111 cm³/mol. The first-order valence-electron chi connectivity index (χ1n) is 9.28. The molecule has 0 saturated heterocycles. The molecule has 29 heavy (non-hydrogen) atoms. The van der Waals surface area contributed by atoms with Crippen molar-refractivity contribution in [1.82, 2.24) is 5.32 Å². The number of nitrogens with one attached hydrogen (secondary N) is 2. The van der Waals surface area contributed by atoms with Gasteiger partial charge < -0.3 is 20.1 Å². The van der Waals surface area contributed by atoms with Gasteiger partial charge in [-0.2, -0.15) is 0 Å². The summed E-state index contributed by atoms with van der Waals surface area (Å²) in [7, 11) is 1.47. The Morgan fingerprint density at radius 1 is 0.966 bits per heavy atom. The molecule has 0 saturated carbocycles. The standard InChI is InChI=1S/C22H26N2O5/c1-14(2)23-21(26)11-16-5-8-18(9-6-16)24-22(27)13-29-19-10-7-17(15(3)25)12-20(19)28-4/h5-10,12,14H,11,13H2,1-4H3,(H,23,26)(H,24,27). The van der Waals surface area contributed by atoms with Gasteiger partial charge in [-0.3, -0.25) is 14.4 Å². The van der Waals surface area contributed by atoms with Crippen LogP contribution in [0.15, 0.2) is 42.5 Å². The summed E-state index contributed by atoms with van der Waals surface area (Å²) in [5, 5.41) is 5.57. The SMILES string of the molecule is COc1cc(C(C)=O)ccc1OCC(=O)Nc1ccc(CC(=O)NC(C)C)cc1. The molecule has 7 heteroatoms. The van der Waals surface area contributed by atoms with Crippen LogP contribution in [0.3, 0.4) is 0 Å². The third-order valence-corrected chi connectivity index (χ3v) is 3.98. The molecule has 0 aliphatic carbocycles. The Labute approximate surface area is 170 Å². The van der Waals surface area contributed by atoms with Crippen LogP contribution in [0.5, 0.6) is 11.5 Å². The molecule has 2 aromatic rings. The Morgan fingerprint density at radius 3 is 2.24 bits per heavy atom. The van der Waals surface area contributed by atoms with Gasteiger partial charge in [0.05, 0.1) is 13.5 Å². The van der Waals surface area contributed by atoms with Gasteiger partial charge in [0.25, 0.3) is 5.91 Å². The third kappa shape index (κ3) is 6.95. The summed E-state index contributed by atoms with van der Waals surface area (Å²) >= 11 is 0. The minimum Gasteiger partial charge on any atom is -0.493 e. The molecule has 0 aliphatic heterocycles. The van der Waals surface area contributed by atoms with E-state index in [4.69, 9.17) is 9.47 Å². The Hall–Kier alpha value is -3.35. The first-order chi connectivity index (χ1) is 13.8. The molecular formula is C22H26N2O5. The van der Waals surface area contributed by atoms with Crippen LogP contribution in [-0.4, -0.2) is 37.4 Å². The number of hydrogen-bond acceptors (Lipinski definition) is 5. The summed E-state index contributed by atoms with van der Waals surface area (Å²) in [6.45, 7) is 5.07. The lowest BCUT2D eigenvalue weighted by molar-refractivity contribution is -0.121. The van der Waals surface area contributed by atoms with E-state index in [1.807, 2.05) is 13.8 Å². The van der Waals surface area contributed by atoms with Crippen LogP contribution in [0.25, 0.3) is 0 Å². The van der Waals surface area contributed by atoms with Gasteiger partial charge in [-0.15, -0.1) is 0 Å². The van der Waals surface area contributed by atoms with Crippen molar-refractivity contribution in [1.29, 1.82) is 0 Å². The maximum atomic E-state index is 12.1. The van der Waals surface area contributed by atoms with E-state index in [0.717, 1.165) is 5.56 Å². The van der Waals surface area contributed by atoms with E-state index in [0.29, 0.717) is 22.7 Å². The average Bonchev–Trinajstić information content (AvgIpc) is 2.67. The fourth-order valence-corrected chi connectivity index (χ4v) is 2.61. The van der Waals surface area contributed by atoms with Crippen molar-refractivity contribution >= 4 is 23.3 Å². The summed E-state index contributed by atoms with van der Waals surface area (Å²) in [6, 6.07) is 11.9. The molecule has 0 aliphatic rings. The number of hydrogen-bond donors (Lipinski definition) is 2. The number of benzene rings is 2. The summed E-state index contributed by atoms with van der Waals surface area (Å²) < 4.78 is 10.7. The highest BCUT2D eigenvalue weighted by atomic mass is 16.5. The van der Waals surface area contributed by atoms with Crippen LogP contribution in [0.4, 0.5) is 5.69 Å². The molecule has 2 N–H and O–H groups in total. The van der Waals surface area contributed by atoms with Crippen molar-refractivity contribution < 1.29 is 23.9 Å². The van der Waals surface area contributed by atoms with Gasteiger partial charge in [0.1, 0.15) is 0 Å². The summed E-state index contributed by atoms with van der Waals surface area (Å²) in [4.78, 5) is 35.4. The summed E-state index contributed by atoms with van der Waals surface area (Å²) in [6.07, 6.45) is 0.283. The zero-order valence-corrected chi connectivity index (χ0v) is 17.1. The molecule has 0 heterocycles. The normalized spacial score (nSPS) is 10.4. The molecule has 2 amide bonds. The predicted octanol–water partition coefficient (Wildman–Crippen LogP) is 2.98. The topological polar surface area (TPSA) is 93.7 Å². The van der Waals surface area contributed by atoms with Crippen molar-refractivity contribution in [2.24, 2.45) is 0 Å². The van der Waals surface area contributed by atoms with Crippen LogP contribution < -0.4 is 20.1 Å². The highest BCUT2D eigenvalue weighted by molar-refractivity contribution is 5.95. The number of methoxy groups -OCH3 is 1. The molecule has 0 unspecified atom stereocenters. The number of carbonyl (C=O) groups is 3. The highest BCUT2D eigenvalue weighted by Crippen LogP contribution is 2.28. The fraction of sp³-hybridized carbons (Fsp3) is 0.318. The second kappa shape index (κ2) is 10.3. The van der Waals surface area contributed by atoms with Crippen molar-refractivity contribution in [2.75, 3.05) is 19.0 Å². The monoisotopic (exact) mass is 398 g/mol. The molecule has 2 rings (SSSR count). The maximum absolute atomic E-state index is 12.1. The van der Waals surface area contributed by atoms with Gasteiger partial charge in [-0.1, -0.05) is 12.1 Å². The zero-order chi connectivity index (χ0) is 21.4. The quantitative estimate of drug-likeness (QED) is 0.634. The number of ether oxygens (including phenoxy) is 2. The van der Waals surface area contributed by atoms with Gasteiger partial charge >= 0.3 is 0 Å². The molecule has 154 valence electrons. The minimum atomic E-state index is -0.340. The highest BCUT2D eigenvalue weighted by Gasteiger charge is 2.11. The van der Waals surface area contributed by atoms with E-state index in [-0.39, 0.29) is 36.7 Å². The number of rotatable bonds is 9. The van der Waals surface area contributed by atoms with Gasteiger partial charge in [0.15, 0.2) is 23.9 Å². The zero-order valence-electron chi connectivity index (χ0n) is 17.1. The second-order valence-electron chi connectivity index (χ2n) is 6.85. The molecule has 2 aromatic carbocycles. The molecule has 0 spiro atoms. The van der Waals surface area contributed by atoms with Crippen LogP contribution in [0, 0.1) is 0 Å². The van der Waals surface area contributed by atoms with Crippen LogP contribution in [0.1, 0.15) is 36.7 Å². The Balaban J connectivity index is 1.89. The molecule has 0 radical (unpaired) electrons. The molecule has 0 fully saturated rings. The van der Waals surface area contributed by atoms with Gasteiger partial charge in [0, 0.05) is 17.3 Å². The lowest BCUT2D eigenvalue weighted by Gasteiger charge is -2.12. The molecule has 0 aromatic heterocycles. The number of carbonyl (C=O) groups excluding carboxylic acids is 3. The van der Waals surface area contributed by atoms with Crippen molar-refractivity contribution in [3.63, 3.8) is 0 Å². The van der Waals surface area contributed by atoms with Gasteiger partial charge in [-0.25, -0.2) is 0 Å². The summed E-state index contributed by atoms with van der Waals surface area (Å²) in [5.41, 5.74) is 1.96. The third-order valence-electron chi connectivity index (χ3n) is 3.98. The van der Waals surface area contributed by atoms with Crippen LogP contribution in [-0.2, 0) is 16.0 Å². The van der Waals surface area contributed by atoms with Crippen molar-refractivity contribution in [2.45, 2.75) is 33.2 Å². The molecule has 7 nitrogen and oxygen atoms in total. The van der Waals surface area contributed by atoms with E-state index in [1.54, 1.807) is 42.5 Å². The van der Waals surface area contributed by atoms with E-state index in [1.165, 1.54) is 14.0 Å². The van der Waals surface area contributed by atoms with E-state index >= 15 is 0 Å². The number of Topliss-reactive ketones (excluding diaryl/α,β-unsaturated/α-hetero) is 1. The lowest BCUT2D eigenvalue weighted by Crippen LogP contribution is -2.31. The Bertz CT molecular complexity index is 875. The van der Waals surface area contributed by atoms with E-state index in [9.17, 15) is 14.4 Å². The summed E-state index contributed by atoms with van der Waals surface area (Å²) in [5.74, 6) is 0.286. The Morgan fingerprint density at radius 2 is 1.66 bits per heavy atom. The second-order valence-corrected chi connectivity index (χ2v) is 6.85. The van der Waals surface area contributed by atoms with Crippen LogP contribution in [0.2, 0.25) is 0 Å². The van der Waals surface area contributed by atoms with Crippen LogP contribution >= 0.6 is 0 Å². The fourth-order valence-electron chi connectivity index (χ4n) is 2.61. The lowest BCUT2D eigenvalue weighted by atomic mass is 10.1. The van der Waals surface area contributed by atoms with E-state index < -0.39 is 0 Å². The smallest absolute Gasteiger partial charge is 0.262 e. The number of ketones is 1. The van der Waals surface area contributed by atoms with E-state index in [2.05, 4.69) is 10.6 Å². The maximum Gasteiger partial charge on any atom is 0.262 e.